The molecular formula is C9H8ClN3S. The number of halogens is 1. The van der Waals surface area contributed by atoms with Crippen LogP contribution in [0.4, 0.5) is 10.9 Å². The highest BCUT2D eigenvalue weighted by molar-refractivity contribution is 7.19. The number of anilines is 2. The van der Waals surface area contributed by atoms with Crippen LogP contribution in [0.3, 0.4) is 0 Å². The molecule has 2 aromatic rings. The molecule has 0 atom stereocenters. The van der Waals surface area contributed by atoms with E-state index in [1.165, 1.54) is 11.3 Å². The minimum Gasteiger partial charge on any atom is -0.382 e. The molecule has 0 amide bonds. The summed E-state index contributed by atoms with van der Waals surface area (Å²) < 4.78 is 0. The molecule has 1 heterocycles. The van der Waals surface area contributed by atoms with Crippen LogP contribution in [0.5, 0.6) is 0 Å². The van der Waals surface area contributed by atoms with Gasteiger partial charge in [-0.1, -0.05) is 41.1 Å². The molecule has 4 N–H and O–H groups in total. The molecule has 1 aromatic heterocycles. The Morgan fingerprint density at radius 3 is 2.50 bits per heavy atom. The Labute approximate surface area is 90.3 Å². The summed E-state index contributed by atoms with van der Waals surface area (Å²) >= 11 is 7.36. The van der Waals surface area contributed by atoms with E-state index in [0.717, 1.165) is 10.4 Å². The third-order valence-corrected chi connectivity index (χ3v) is 3.05. The Bertz CT molecular complexity index is 467. The maximum Gasteiger partial charge on any atom is 0.182 e. The van der Waals surface area contributed by atoms with Crippen LogP contribution in [0.25, 0.3) is 10.4 Å². The summed E-state index contributed by atoms with van der Waals surface area (Å²) in [5, 5.41) is 1.11. The molecule has 1 aromatic carbocycles. The number of nitrogen functional groups attached to an aromatic ring is 2. The molecule has 0 radical (unpaired) electrons. The molecule has 2 rings (SSSR count). The van der Waals surface area contributed by atoms with Gasteiger partial charge in [0, 0.05) is 10.6 Å². The first-order chi connectivity index (χ1) is 6.68. The van der Waals surface area contributed by atoms with E-state index in [-0.39, 0.29) is 0 Å². The van der Waals surface area contributed by atoms with Gasteiger partial charge in [0.15, 0.2) is 5.13 Å². The van der Waals surface area contributed by atoms with Crippen LogP contribution in [0.15, 0.2) is 24.3 Å². The number of hydrogen-bond donors (Lipinski definition) is 2. The standard InChI is InChI=1S/C9H8ClN3S/c10-6-4-2-1-3-5(6)7-8(11)13-9(12)14-7/h1-4H,11H2,(H2,12,13). The van der Waals surface area contributed by atoms with Crippen molar-refractivity contribution < 1.29 is 0 Å². The van der Waals surface area contributed by atoms with Crippen molar-refractivity contribution >= 4 is 33.9 Å². The zero-order chi connectivity index (χ0) is 10.1. The van der Waals surface area contributed by atoms with Crippen molar-refractivity contribution in [3.8, 4) is 10.4 Å². The van der Waals surface area contributed by atoms with Gasteiger partial charge in [0.1, 0.15) is 5.82 Å². The van der Waals surface area contributed by atoms with Crippen LogP contribution in [0, 0.1) is 0 Å². The van der Waals surface area contributed by atoms with E-state index in [9.17, 15) is 0 Å². The van der Waals surface area contributed by atoms with Crippen molar-refractivity contribution in [2.24, 2.45) is 0 Å². The first kappa shape index (κ1) is 9.30. The fraction of sp³-hybridized carbons (Fsp3) is 0. The predicted molar refractivity (Wildman–Crippen MR) is 61.4 cm³/mol. The van der Waals surface area contributed by atoms with E-state index in [2.05, 4.69) is 4.98 Å². The lowest BCUT2D eigenvalue weighted by Crippen LogP contribution is -1.88. The van der Waals surface area contributed by atoms with E-state index in [1.54, 1.807) is 0 Å². The lowest BCUT2D eigenvalue weighted by molar-refractivity contribution is 1.43. The Balaban J connectivity index is 2.60. The van der Waals surface area contributed by atoms with Gasteiger partial charge in [-0.25, -0.2) is 4.98 Å². The molecular weight excluding hydrogens is 218 g/mol. The molecule has 0 saturated heterocycles. The summed E-state index contributed by atoms with van der Waals surface area (Å²) in [4.78, 5) is 4.77. The average molecular weight is 226 g/mol. The highest BCUT2D eigenvalue weighted by Crippen LogP contribution is 2.37. The normalized spacial score (nSPS) is 10.4. The summed E-state index contributed by atoms with van der Waals surface area (Å²) in [6.45, 7) is 0. The smallest absolute Gasteiger partial charge is 0.182 e. The zero-order valence-electron chi connectivity index (χ0n) is 7.20. The molecule has 0 fully saturated rings. The number of nitrogens with two attached hydrogens (primary N) is 2. The largest absolute Gasteiger partial charge is 0.382 e. The fourth-order valence-corrected chi connectivity index (χ4v) is 2.27. The summed E-state index contributed by atoms with van der Waals surface area (Å²) in [5.74, 6) is 0.431. The summed E-state index contributed by atoms with van der Waals surface area (Å²) in [6.07, 6.45) is 0. The second-order valence-corrected chi connectivity index (χ2v) is 4.18. The van der Waals surface area contributed by atoms with E-state index < -0.39 is 0 Å². The van der Waals surface area contributed by atoms with Crippen molar-refractivity contribution in [2.45, 2.75) is 0 Å². The Morgan fingerprint density at radius 2 is 1.93 bits per heavy atom. The van der Waals surface area contributed by atoms with Gasteiger partial charge in [-0.15, -0.1) is 0 Å². The maximum atomic E-state index is 6.02. The van der Waals surface area contributed by atoms with E-state index in [1.807, 2.05) is 24.3 Å². The minimum absolute atomic E-state index is 0.431. The Kier molecular flexibility index (Phi) is 2.31. The molecule has 0 aliphatic heterocycles. The van der Waals surface area contributed by atoms with Crippen LogP contribution < -0.4 is 11.5 Å². The molecule has 3 nitrogen and oxygen atoms in total. The Morgan fingerprint density at radius 1 is 1.21 bits per heavy atom. The number of benzene rings is 1. The van der Waals surface area contributed by atoms with Gasteiger partial charge in [0.25, 0.3) is 0 Å². The first-order valence-electron chi connectivity index (χ1n) is 3.95. The molecule has 14 heavy (non-hydrogen) atoms. The van der Waals surface area contributed by atoms with Crippen molar-refractivity contribution in [2.75, 3.05) is 11.5 Å². The number of hydrogen-bond acceptors (Lipinski definition) is 4. The first-order valence-corrected chi connectivity index (χ1v) is 5.14. The molecule has 0 aliphatic carbocycles. The summed E-state index contributed by atoms with van der Waals surface area (Å²) in [6, 6.07) is 7.47. The van der Waals surface area contributed by atoms with Crippen molar-refractivity contribution in [3.05, 3.63) is 29.3 Å². The fourth-order valence-electron chi connectivity index (χ4n) is 1.19. The number of nitrogens with zero attached hydrogens (tertiary/aromatic N) is 1. The van der Waals surface area contributed by atoms with Gasteiger partial charge in [-0.3, -0.25) is 0 Å². The summed E-state index contributed by atoms with van der Waals surface area (Å²) in [7, 11) is 0. The van der Waals surface area contributed by atoms with E-state index in [4.69, 9.17) is 23.1 Å². The van der Waals surface area contributed by atoms with Gasteiger partial charge < -0.3 is 11.5 Å². The molecule has 5 heteroatoms. The van der Waals surface area contributed by atoms with Crippen molar-refractivity contribution in [3.63, 3.8) is 0 Å². The SMILES string of the molecule is Nc1nc(N)c(-c2ccccc2Cl)s1. The van der Waals surface area contributed by atoms with Crippen LogP contribution >= 0.6 is 22.9 Å². The lowest BCUT2D eigenvalue weighted by atomic mass is 10.2. The van der Waals surface area contributed by atoms with Gasteiger partial charge >= 0.3 is 0 Å². The molecule has 0 saturated carbocycles. The van der Waals surface area contributed by atoms with Crippen LogP contribution in [-0.4, -0.2) is 4.98 Å². The monoisotopic (exact) mass is 225 g/mol. The van der Waals surface area contributed by atoms with Gasteiger partial charge in [0.2, 0.25) is 0 Å². The third-order valence-electron chi connectivity index (χ3n) is 1.79. The van der Waals surface area contributed by atoms with E-state index in [0.29, 0.717) is 16.0 Å². The molecule has 0 unspecified atom stereocenters. The van der Waals surface area contributed by atoms with Gasteiger partial charge in [-0.05, 0) is 6.07 Å². The molecule has 0 aliphatic rings. The lowest BCUT2D eigenvalue weighted by Gasteiger charge is -2.00. The molecule has 72 valence electrons. The molecule has 0 bridgehead atoms. The average Bonchev–Trinajstić information content (AvgIpc) is 2.46. The highest BCUT2D eigenvalue weighted by atomic mass is 35.5. The Hall–Kier alpha value is -1.26. The highest BCUT2D eigenvalue weighted by Gasteiger charge is 2.10. The quantitative estimate of drug-likeness (QED) is 0.784. The topological polar surface area (TPSA) is 64.9 Å². The second-order valence-electron chi connectivity index (χ2n) is 2.75. The third kappa shape index (κ3) is 1.54. The van der Waals surface area contributed by atoms with Gasteiger partial charge in [-0.2, -0.15) is 0 Å². The summed E-state index contributed by atoms with van der Waals surface area (Å²) in [5.41, 5.74) is 12.1. The number of thiazole rings is 1. The van der Waals surface area contributed by atoms with Crippen molar-refractivity contribution in [1.29, 1.82) is 0 Å². The van der Waals surface area contributed by atoms with Crippen LogP contribution in [0.2, 0.25) is 5.02 Å². The zero-order valence-corrected chi connectivity index (χ0v) is 8.77. The van der Waals surface area contributed by atoms with Gasteiger partial charge in [0.05, 0.1) is 4.88 Å². The molecule has 0 spiro atoms. The minimum atomic E-state index is 0.431. The van der Waals surface area contributed by atoms with Crippen molar-refractivity contribution in [1.82, 2.24) is 4.98 Å². The van der Waals surface area contributed by atoms with Crippen LogP contribution in [-0.2, 0) is 0 Å². The van der Waals surface area contributed by atoms with Crippen LogP contribution in [0.1, 0.15) is 0 Å². The second kappa shape index (κ2) is 3.48. The number of aromatic nitrogens is 1. The number of rotatable bonds is 1. The van der Waals surface area contributed by atoms with E-state index >= 15 is 0 Å². The maximum absolute atomic E-state index is 6.02. The predicted octanol–water partition coefficient (Wildman–Crippen LogP) is 2.63.